The van der Waals surface area contributed by atoms with Crippen LogP contribution in [0.3, 0.4) is 0 Å². The first-order chi connectivity index (χ1) is 12.0. The van der Waals surface area contributed by atoms with Gasteiger partial charge in [-0.1, -0.05) is 44.2 Å². The molecule has 2 rings (SSSR count). The second-order valence-corrected chi connectivity index (χ2v) is 7.05. The largest absolute Gasteiger partial charge is 0.481 e. The van der Waals surface area contributed by atoms with Crippen molar-refractivity contribution in [3.63, 3.8) is 0 Å². The summed E-state index contributed by atoms with van der Waals surface area (Å²) in [5.41, 5.74) is 2.23. The van der Waals surface area contributed by atoms with Gasteiger partial charge in [0.05, 0.1) is 0 Å². The van der Waals surface area contributed by atoms with Crippen molar-refractivity contribution in [3.05, 3.63) is 59.7 Å². The summed E-state index contributed by atoms with van der Waals surface area (Å²) in [6.45, 7) is 6.62. The van der Waals surface area contributed by atoms with E-state index in [2.05, 4.69) is 37.4 Å². The molecule has 1 N–H and O–H groups in total. The first-order valence-electron chi connectivity index (χ1n) is 8.71. The number of nitrogens with one attached hydrogen (secondary N) is 1. The summed E-state index contributed by atoms with van der Waals surface area (Å²) in [6, 6.07) is 16.2. The zero-order valence-electron chi connectivity index (χ0n) is 15.4. The van der Waals surface area contributed by atoms with Gasteiger partial charge >= 0.3 is 0 Å². The predicted octanol–water partition coefficient (Wildman–Crippen LogP) is 5.01. The molecule has 0 bridgehead atoms. The number of carbonyl (C=O) groups excluding carboxylic acids is 1. The van der Waals surface area contributed by atoms with Gasteiger partial charge in [0.15, 0.2) is 6.10 Å². The van der Waals surface area contributed by atoms with E-state index in [9.17, 15) is 4.79 Å². The van der Waals surface area contributed by atoms with Crippen molar-refractivity contribution in [3.8, 4) is 5.75 Å². The Balaban J connectivity index is 1.94. The quantitative estimate of drug-likeness (QED) is 0.675. The Bertz CT molecular complexity index is 685. The van der Waals surface area contributed by atoms with Gasteiger partial charge in [0.25, 0.3) is 5.91 Å². The Morgan fingerprint density at radius 3 is 2.44 bits per heavy atom. The summed E-state index contributed by atoms with van der Waals surface area (Å²) < 4.78 is 5.94. The minimum atomic E-state index is -0.532. The van der Waals surface area contributed by atoms with Crippen LogP contribution < -0.4 is 10.1 Å². The molecule has 2 unspecified atom stereocenters. The molecule has 0 aliphatic heterocycles. The number of carbonyl (C=O) groups is 1. The number of hydrogen-bond acceptors (Lipinski definition) is 3. The number of para-hydroxylation sites is 1. The van der Waals surface area contributed by atoms with Gasteiger partial charge < -0.3 is 10.1 Å². The van der Waals surface area contributed by atoms with Gasteiger partial charge in [-0.3, -0.25) is 4.79 Å². The second kappa shape index (κ2) is 9.52. The molecular formula is C21H27NO2S. The first-order valence-corrected chi connectivity index (χ1v) is 9.93. The highest BCUT2D eigenvalue weighted by Gasteiger charge is 2.17. The third kappa shape index (κ3) is 5.53. The molecule has 0 fully saturated rings. The van der Waals surface area contributed by atoms with E-state index in [4.69, 9.17) is 4.74 Å². The van der Waals surface area contributed by atoms with Crippen molar-refractivity contribution in [2.45, 2.75) is 50.7 Å². The van der Waals surface area contributed by atoms with Crippen LogP contribution in [0.5, 0.6) is 5.75 Å². The molecule has 134 valence electrons. The first kappa shape index (κ1) is 19.4. The Kier molecular flexibility index (Phi) is 7.38. The maximum Gasteiger partial charge on any atom is 0.261 e. The highest BCUT2D eigenvalue weighted by Crippen LogP contribution is 2.29. The van der Waals surface area contributed by atoms with Crippen molar-refractivity contribution < 1.29 is 9.53 Å². The Morgan fingerprint density at radius 2 is 1.80 bits per heavy atom. The third-order valence-corrected chi connectivity index (χ3v) is 5.10. The molecule has 2 atom stereocenters. The van der Waals surface area contributed by atoms with Crippen molar-refractivity contribution in [1.82, 2.24) is 5.32 Å². The molecule has 0 radical (unpaired) electrons. The zero-order valence-corrected chi connectivity index (χ0v) is 16.2. The SMILES string of the molecule is CCC(C)c1ccccc1OC(C)C(=O)NCc1ccc(SC)cc1. The summed E-state index contributed by atoms with van der Waals surface area (Å²) in [6.07, 6.45) is 2.55. The summed E-state index contributed by atoms with van der Waals surface area (Å²) in [5, 5.41) is 2.95. The topological polar surface area (TPSA) is 38.3 Å². The van der Waals surface area contributed by atoms with Gasteiger partial charge in [0.1, 0.15) is 5.75 Å². The smallest absolute Gasteiger partial charge is 0.261 e. The summed E-state index contributed by atoms with van der Waals surface area (Å²) >= 11 is 1.71. The van der Waals surface area contributed by atoms with Crippen molar-refractivity contribution in [2.24, 2.45) is 0 Å². The molecule has 3 nitrogen and oxygen atoms in total. The van der Waals surface area contributed by atoms with Crippen LogP contribution in [-0.4, -0.2) is 18.3 Å². The van der Waals surface area contributed by atoms with E-state index in [0.717, 1.165) is 23.3 Å². The summed E-state index contributed by atoms with van der Waals surface area (Å²) in [5.74, 6) is 1.10. The molecule has 0 saturated carbocycles. The zero-order chi connectivity index (χ0) is 18.2. The number of amides is 1. The van der Waals surface area contributed by atoms with Crippen LogP contribution in [0.15, 0.2) is 53.4 Å². The van der Waals surface area contributed by atoms with E-state index in [1.807, 2.05) is 36.6 Å². The fourth-order valence-electron chi connectivity index (χ4n) is 2.54. The molecule has 0 aromatic heterocycles. The maximum absolute atomic E-state index is 12.4. The van der Waals surface area contributed by atoms with E-state index >= 15 is 0 Å². The van der Waals surface area contributed by atoms with Crippen molar-refractivity contribution in [2.75, 3.05) is 6.26 Å². The van der Waals surface area contributed by atoms with E-state index in [1.165, 1.54) is 4.90 Å². The number of benzene rings is 2. The summed E-state index contributed by atoms with van der Waals surface area (Å²) in [4.78, 5) is 13.6. The number of thioether (sulfide) groups is 1. The molecule has 0 spiro atoms. The van der Waals surface area contributed by atoms with E-state index < -0.39 is 6.10 Å². The molecule has 0 aliphatic rings. The molecule has 2 aromatic carbocycles. The lowest BCUT2D eigenvalue weighted by molar-refractivity contribution is -0.127. The van der Waals surface area contributed by atoms with E-state index in [1.54, 1.807) is 18.7 Å². The Hall–Kier alpha value is -1.94. The lowest BCUT2D eigenvalue weighted by atomic mass is 9.98. The molecule has 0 heterocycles. The average molecular weight is 358 g/mol. The van der Waals surface area contributed by atoms with Crippen molar-refractivity contribution in [1.29, 1.82) is 0 Å². The van der Waals surface area contributed by atoms with Gasteiger partial charge in [-0.2, -0.15) is 0 Å². The monoisotopic (exact) mass is 357 g/mol. The van der Waals surface area contributed by atoms with Crippen LogP contribution in [0.2, 0.25) is 0 Å². The van der Waals surface area contributed by atoms with Crippen LogP contribution in [0.4, 0.5) is 0 Å². The molecular weight excluding hydrogens is 330 g/mol. The molecule has 0 saturated heterocycles. The van der Waals surface area contributed by atoms with Crippen molar-refractivity contribution >= 4 is 17.7 Å². The Labute approximate surface area is 155 Å². The predicted molar refractivity (Wildman–Crippen MR) is 105 cm³/mol. The van der Waals surface area contributed by atoms with Crippen LogP contribution in [0, 0.1) is 0 Å². The fraction of sp³-hybridized carbons (Fsp3) is 0.381. The number of hydrogen-bond donors (Lipinski definition) is 1. The number of rotatable bonds is 8. The van der Waals surface area contributed by atoms with Gasteiger partial charge in [-0.25, -0.2) is 0 Å². The van der Waals surface area contributed by atoms with Crippen LogP contribution in [0.1, 0.15) is 44.2 Å². The third-order valence-electron chi connectivity index (χ3n) is 4.36. The van der Waals surface area contributed by atoms with Crippen LogP contribution in [0.25, 0.3) is 0 Å². The van der Waals surface area contributed by atoms with Gasteiger partial charge in [0.2, 0.25) is 0 Å². The van der Waals surface area contributed by atoms with Gasteiger partial charge in [0, 0.05) is 11.4 Å². The fourth-order valence-corrected chi connectivity index (χ4v) is 2.94. The average Bonchev–Trinajstić information content (AvgIpc) is 2.66. The van der Waals surface area contributed by atoms with Gasteiger partial charge in [-0.05, 0) is 54.8 Å². The highest BCUT2D eigenvalue weighted by atomic mass is 32.2. The van der Waals surface area contributed by atoms with Crippen LogP contribution >= 0.6 is 11.8 Å². The van der Waals surface area contributed by atoms with Crippen LogP contribution in [-0.2, 0) is 11.3 Å². The van der Waals surface area contributed by atoms with Gasteiger partial charge in [-0.15, -0.1) is 11.8 Å². The lowest BCUT2D eigenvalue weighted by Gasteiger charge is -2.19. The normalized spacial score (nSPS) is 13.1. The maximum atomic E-state index is 12.4. The minimum Gasteiger partial charge on any atom is -0.481 e. The minimum absolute atomic E-state index is 0.104. The Morgan fingerprint density at radius 1 is 1.12 bits per heavy atom. The molecule has 1 amide bonds. The summed E-state index contributed by atoms with van der Waals surface area (Å²) in [7, 11) is 0. The van der Waals surface area contributed by atoms with E-state index in [-0.39, 0.29) is 5.91 Å². The molecule has 25 heavy (non-hydrogen) atoms. The second-order valence-electron chi connectivity index (χ2n) is 6.17. The highest BCUT2D eigenvalue weighted by molar-refractivity contribution is 7.98. The van der Waals surface area contributed by atoms with E-state index in [0.29, 0.717) is 12.5 Å². The number of ether oxygens (including phenoxy) is 1. The lowest BCUT2D eigenvalue weighted by Crippen LogP contribution is -2.36. The molecule has 4 heteroatoms. The molecule has 2 aromatic rings. The molecule has 0 aliphatic carbocycles. The standard InChI is InChI=1S/C21H27NO2S/c1-5-15(2)19-8-6-7-9-20(19)24-16(3)21(23)22-14-17-10-12-18(25-4)13-11-17/h6-13,15-16H,5,14H2,1-4H3,(H,22,23).